The van der Waals surface area contributed by atoms with Gasteiger partial charge in [0.1, 0.15) is 23.4 Å². The first-order valence-electron chi connectivity index (χ1n) is 10.6. The van der Waals surface area contributed by atoms with Gasteiger partial charge in [0.25, 0.3) is 0 Å². The summed E-state index contributed by atoms with van der Waals surface area (Å²) in [5, 5.41) is 25.6. The number of phenols is 1. The summed E-state index contributed by atoms with van der Waals surface area (Å²) in [4.78, 5) is 39.9. The number of phenolic OH excluding ortho intramolecular Hbond substituents is 1. The zero-order chi connectivity index (χ0) is 24.9. The van der Waals surface area contributed by atoms with Gasteiger partial charge in [-0.25, -0.2) is 4.79 Å². The number of hydrogen-bond acceptors (Lipinski definition) is 6. The van der Waals surface area contributed by atoms with Crippen LogP contribution in [0.2, 0.25) is 0 Å². The highest BCUT2D eigenvalue weighted by Crippen LogP contribution is 2.32. The second-order valence-corrected chi connectivity index (χ2v) is 9.78. The van der Waals surface area contributed by atoms with Gasteiger partial charge in [0.2, 0.25) is 11.8 Å². The number of carbonyl (C=O) groups is 3. The number of aromatic hydroxyl groups is 1. The van der Waals surface area contributed by atoms with Crippen molar-refractivity contribution < 1.29 is 29.3 Å². The van der Waals surface area contributed by atoms with E-state index in [0.717, 1.165) is 4.90 Å². The van der Waals surface area contributed by atoms with Gasteiger partial charge in [0.15, 0.2) is 0 Å². The molecule has 2 atom stereocenters. The van der Waals surface area contributed by atoms with Crippen LogP contribution in [0.15, 0.2) is 18.2 Å². The molecule has 0 saturated heterocycles. The molecule has 0 aliphatic carbocycles. The standard InChI is InChI=1S/C23H37N3O6/c1-14-10-9-11-16(18(14)28)17(19(29)25-22(3,4)5)26(12-13-27)20(30)15(2)24-21(31)32-23(6,7)8/h9-11,15,17,27-28H,12-13H2,1-8H3,(H,24,31)(H,25,29). The van der Waals surface area contributed by atoms with E-state index < -0.39 is 47.7 Å². The fourth-order valence-electron chi connectivity index (χ4n) is 3.06. The first-order chi connectivity index (χ1) is 14.6. The van der Waals surface area contributed by atoms with Crippen molar-refractivity contribution in [2.24, 2.45) is 0 Å². The summed E-state index contributed by atoms with van der Waals surface area (Å²) in [6, 6.07) is 2.64. The molecule has 0 saturated carbocycles. The van der Waals surface area contributed by atoms with E-state index in [4.69, 9.17) is 4.74 Å². The third kappa shape index (κ3) is 8.03. The van der Waals surface area contributed by atoms with Crippen LogP contribution < -0.4 is 10.6 Å². The van der Waals surface area contributed by atoms with Crippen LogP contribution >= 0.6 is 0 Å². The molecule has 1 rings (SSSR count). The van der Waals surface area contributed by atoms with E-state index in [1.807, 2.05) is 0 Å². The molecule has 32 heavy (non-hydrogen) atoms. The number of carbonyl (C=O) groups excluding carboxylic acids is 3. The van der Waals surface area contributed by atoms with Crippen LogP contribution in [-0.2, 0) is 14.3 Å². The monoisotopic (exact) mass is 451 g/mol. The molecule has 0 bridgehead atoms. The third-order valence-electron chi connectivity index (χ3n) is 4.35. The number of aryl methyl sites for hydroxylation is 1. The fourth-order valence-corrected chi connectivity index (χ4v) is 3.06. The van der Waals surface area contributed by atoms with Crippen LogP contribution in [0.1, 0.15) is 65.6 Å². The summed E-state index contributed by atoms with van der Waals surface area (Å²) in [7, 11) is 0. The second-order valence-electron chi connectivity index (χ2n) is 9.78. The van der Waals surface area contributed by atoms with Crippen molar-refractivity contribution in [2.75, 3.05) is 13.2 Å². The molecule has 0 aromatic heterocycles. The topological polar surface area (TPSA) is 128 Å². The predicted molar refractivity (Wildman–Crippen MR) is 121 cm³/mol. The Labute approximate surface area is 190 Å². The van der Waals surface area contributed by atoms with Crippen LogP contribution in [0.25, 0.3) is 0 Å². The number of para-hydroxylation sites is 1. The van der Waals surface area contributed by atoms with Crippen molar-refractivity contribution in [2.45, 2.75) is 78.6 Å². The molecule has 0 heterocycles. The van der Waals surface area contributed by atoms with Crippen LogP contribution in [0.3, 0.4) is 0 Å². The molecule has 2 unspecified atom stereocenters. The van der Waals surface area contributed by atoms with E-state index in [9.17, 15) is 24.6 Å². The van der Waals surface area contributed by atoms with Crippen molar-refractivity contribution in [1.29, 1.82) is 0 Å². The SMILES string of the molecule is Cc1cccc(C(C(=O)NC(C)(C)C)N(CCO)C(=O)C(C)NC(=O)OC(C)(C)C)c1O. The molecular formula is C23H37N3O6. The van der Waals surface area contributed by atoms with E-state index in [2.05, 4.69) is 10.6 Å². The Balaban J connectivity index is 3.37. The molecule has 0 spiro atoms. The van der Waals surface area contributed by atoms with Gasteiger partial charge >= 0.3 is 6.09 Å². The molecule has 1 aromatic carbocycles. The van der Waals surface area contributed by atoms with E-state index in [1.54, 1.807) is 66.7 Å². The average Bonchev–Trinajstić information content (AvgIpc) is 2.60. The Morgan fingerprint density at radius 1 is 1.12 bits per heavy atom. The zero-order valence-electron chi connectivity index (χ0n) is 20.3. The number of alkyl carbamates (subject to hydrolysis) is 1. The first kappa shape index (κ1) is 27.2. The number of amides is 3. The lowest BCUT2D eigenvalue weighted by atomic mass is 9.98. The van der Waals surface area contributed by atoms with Gasteiger partial charge in [-0.3, -0.25) is 9.59 Å². The van der Waals surface area contributed by atoms with Crippen LogP contribution in [0.5, 0.6) is 5.75 Å². The van der Waals surface area contributed by atoms with E-state index in [1.165, 1.54) is 6.92 Å². The number of hydrogen-bond donors (Lipinski definition) is 4. The van der Waals surface area contributed by atoms with Gasteiger partial charge in [-0.05, 0) is 61.0 Å². The Hall–Kier alpha value is -2.81. The van der Waals surface area contributed by atoms with E-state index in [0.29, 0.717) is 5.56 Å². The largest absolute Gasteiger partial charge is 0.507 e. The average molecular weight is 452 g/mol. The van der Waals surface area contributed by atoms with Crippen molar-refractivity contribution in [3.8, 4) is 5.75 Å². The lowest BCUT2D eigenvalue weighted by Crippen LogP contribution is -2.54. The third-order valence-corrected chi connectivity index (χ3v) is 4.35. The molecule has 1 aromatic rings. The highest BCUT2D eigenvalue weighted by Gasteiger charge is 2.37. The number of benzene rings is 1. The molecule has 4 N–H and O–H groups in total. The second kappa shape index (κ2) is 10.7. The van der Waals surface area contributed by atoms with Crippen molar-refractivity contribution in [3.05, 3.63) is 29.3 Å². The Morgan fingerprint density at radius 3 is 2.22 bits per heavy atom. The molecule has 180 valence electrons. The zero-order valence-corrected chi connectivity index (χ0v) is 20.3. The summed E-state index contributed by atoms with van der Waals surface area (Å²) >= 11 is 0. The van der Waals surface area contributed by atoms with Crippen molar-refractivity contribution in [3.63, 3.8) is 0 Å². The van der Waals surface area contributed by atoms with Gasteiger partial charge in [-0.15, -0.1) is 0 Å². The maximum atomic E-state index is 13.3. The van der Waals surface area contributed by atoms with Gasteiger partial charge in [-0.1, -0.05) is 18.2 Å². The molecule has 0 fully saturated rings. The first-order valence-corrected chi connectivity index (χ1v) is 10.6. The van der Waals surface area contributed by atoms with Gasteiger partial charge in [0, 0.05) is 17.6 Å². The number of ether oxygens (including phenoxy) is 1. The lowest BCUT2D eigenvalue weighted by molar-refractivity contribution is -0.143. The summed E-state index contributed by atoms with van der Waals surface area (Å²) < 4.78 is 5.20. The maximum absolute atomic E-state index is 13.3. The quantitative estimate of drug-likeness (QED) is 0.504. The number of nitrogens with zero attached hydrogens (tertiary/aromatic N) is 1. The van der Waals surface area contributed by atoms with Crippen LogP contribution in [-0.4, -0.2) is 63.4 Å². The summed E-state index contributed by atoms with van der Waals surface area (Å²) in [6.07, 6.45) is -0.781. The Kier molecular flexibility index (Phi) is 9.08. The van der Waals surface area contributed by atoms with E-state index >= 15 is 0 Å². The normalized spacial score (nSPS) is 13.7. The van der Waals surface area contributed by atoms with E-state index in [-0.39, 0.29) is 17.9 Å². The molecule has 3 amide bonds. The minimum absolute atomic E-state index is 0.120. The summed E-state index contributed by atoms with van der Waals surface area (Å²) in [5.74, 6) is -1.26. The molecule has 9 nitrogen and oxygen atoms in total. The van der Waals surface area contributed by atoms with Gasteiger partial charge in [0.05, 0.1) is 6.61 Å². The summed E-state index contributed by atoms with van der Waals surface area (Å²) in [5.41, 5.74) is -0.603. The molecule has 0 aliphatic rings. The molecule has 9 heteroatoms. The van der Waals surface area contributed by atoms with Gasteiger partial charge < -0.3 is 30.5 Å². The Bertz CT molecular complexity index is 826. The highest BCUT2D eigenvalue weighted by atomic mass is 16.6. The van der Waals surface area contributed by atoms with Crippen LogP contribution in [0.4, 0.5) is 4.79 Å². The molecular weight excluding hydrogens is 414 g/mol. The van der Waals surface area contributed by atoms with Crippen molar-refractivity contribution in [1.82, 2.24) is 15.5 Å². The number of nitrogens with one attached hydrogen (secondary N) is 2. The number of rotatable bonds is 7. The minimum Gasteiger partial charge on any atom is -0.507 e. The van der Waals surface area contributed by atoms with Crippen molar-refractivity contribution >= 4 is 17.9 Å². The van der Waals surface area contributed by atoms with Gasteiger partial charge in [-0.2, -0.15) is 0 Å². The summed E-state index contributed by atoms with van der Waals surface area (Å²) in [6.45, 7) is 13.0. The number of aliphatic hydroxyl groups excluding tert-OH is 1. The lowest BCUT2D eigenvalue weighted by Gasteiger charge is -2.35. The van der Waals surface area contributed by atoms with Crippen LogP contribution in [0, 0.1) is 6.92 Å². The smallest absolute Gasteiger partial charge is 0.408 e. The minimum atomic E-state index is -1.23. The Morgan fingerprint density at radius 2 is 1.72 bits per heavy atom. The fraction of sp³-hybridized carbons (Fsp3) is 0.609. The molecule has 0 aliphatic heterocycles. The predicted octanol–water partition coefficient (Wildman–Crippen LogP) is 2.39. The highest BCUT2D eigenvalue weighted by molar-refractivity contribution is 5.92. The number of aliphatic hydroxyl groups is 1. The molecule has 0 radical (unpaired) electrons. The maximum Gasteiger partial charge on any atom is 0.408 e.